The lowest BCUT2D eigenvalue weighted by molar-refractivity contribution is 0.112. The molecule has 1 heterocycles. The van der Waals surface area contributed by atoms with E-state index in [-0.39, 0.29) is 0 Å². The summed E-state index contributed by atoms with van der Waals surface area (Å²) in [5.74, 6) is 0. The fourth-order valence-corrected chi connectivity index (χ4v) is 2.69. The first-order chi connectivity index (χ1) is 6.76. The second-order valence-electron chi connectivity index (χ2n) is 3.08. The summed E-state index contributed by atoms with van der Waals surface area (Å²) in [4.78, 5) is 11.3. The molecule has 1 nitrogen and oxygen atoms in total. The van der Waals surface area contributed by atoms with Gasteiger partial charge in [0.1, 0.15) is 0 Å². The van der Waals surface area contributed by atoms with E-state index >= 15 is 0 Å². The summed E-state index contributed by atoms with van der Waals surface area (Å²) in [6, 6.07) is 6.16. The van der Waals surface area contributed by atoms with Crippen molar-refractivity contribution in [1.29, 1.82) is 0 Å². The molecule has 2 rings (SSSR count). The topological polar surface area (TPSA) is 17.1 Å². The molecule has 1 aromatic carbocycles. The Morgan fingerprint density at radius 1 is 1.50 bits per heavy atom. The molecular weight excluding hydrogens is 216 g/mol. The molecular formula is C11H9ClOS. The van der Waals surface area contributed by atoms with Gasteiger partial charge in [0.15, 0.2) is 6.29 Å². The van der Waals surface area contributed by atoms with Crippen molar-refractivity contribution in [3.8, 4) is 0 Å². The smallest absolute Gasteiger partial charge is 0.161 e. The van der Waals surface area contributed by atoms with E-state index in [1.54, 1.807) is 0 Å². The predicted molar refractivity (Wildman–Crippen MR) is 61.6 cm³/mol. The Bertz CT molecular complexity index is 487. The molecule has 0 aliphatic rings. The van der Waals surface area contributed by atoms with Gasteiger partial charge < -0.3 is 0 Å². The molecule has 0 bridgehead atoms. The molecule has 0 amide bonds. The van der Waals surface area contributed by atoms with E-state index in [9.17, 15) is 4.79 Å². The molecule has 0 radical (unpaired) electrons. The van der Waals surface area contributed by atoms with Crippen LogP contribution in [0.15, 0.2) is 18.2 Å². The number of benzene rings is 1. The van der Waals surface area contributed by atoms with Crippen LogP contribution in [0.3, 0.4) is 0 Å². The van der Waals surface area contributed by atoms with Gasteiger partial charge in [0, 0.05) is 10.1 Å². The molecule has 0 unspecified atom stereocenters. The molecule has 72 valence electrons. The first kappa shape index (κ1) is 9.69. The van der Waals surface area contributed by atoms with Crippen LogP contribution in [-0.2, 0) is 6.42 Å². The van der Waals surface area contributed by atoms with Crippen molar-refractivity contribution in [1.82, 2.24) is 0 Å². The lowest BCUT2D eigenvalue weighted by Gasteiger charge is -1.95. The minimum atomic E-state index is 0.593. The lowest BCUT2D eigenvalue weighted by atomic mass is 10.1. The van der Waals surface area contributed by atoms with E-state index in [1.807, 2.05) is 6.07 Å². The third-order valence-corrected chi connectivity index (χ3v) is 3.85. The first-order valence-corrected chi connectivity index (χ1v) is 5.61. The Kier molecular flexibility index (Phi) is 2.57. The van der Waals surface area contributed by atoms with Gasteiger partial charge in [-0.25, -0.2) is 0 Å². The first-order valence-electron chi connectivity index (χ1n) is 4.42. The van der Waals surface area contributed by atoms with Gasteiger partial charge >= 0.3 is 0 Å². The number of aryl methyl sites for hydroxylation is 1. The minimum Gasteiger partial charge on any atom is -0.297 e. The highest BCUT2D eigenvalue weighted by Gasteiger charge is 2.09. The van der Waals surface area contributed by atoms with Crippen molar-refractivity contribution in [2.75, 3.05) is 0 Å². The van der Waals surface area contributed by atoms with E-state index in [4.69, 9.17) is 11.6 Å². The molecule has 2 aromatic rings. The van der Waals surface area contributed by atoms with Crippen LogP contribution in [0.4, 0.5) is 0 Å². The molecule has 0 saturated carbocycles. The summed E-state index contributed by atoms with van der Waals surface area (Å²) in [6.07, 6.45) is 1.80. The maximum atomic E-state index is 10.7. The van der Waals surface area contributed by atoms with E-state index < -0.39 is 0 Å². The van der Waals surface area contributed by atoms with Gasteiger partial charge in [-0.15, -0.1) is 11.3 Å². The van der Waals surface area contributed by atoms with Gasteiger partial charge in [0.25, 0.3) is 0 Å². The summed E-state index contributed by atoms with van der Waals surface area (Å²) in [5.41, 5.74) is 1.25. The molecule has 14 heavy (non-hydrogen) atoms. The summed E-state index contributed by atoms with van der Waals surface area (Å²) in [7, 11) is 0. The van der Waals surface area contributed by atoms with E-state index in [0.717, 1.165) is 22.8 Å². The number of halogens is 1. The predicted octanol–water partition coefficient (Wildman–Crippen LogP) is 3.93. The van der Waals surface area contributed by atoms with Crippen molar-refractivity contribution in [3.05, 3.63) is 33.7 Å². The van der Waals surface area contributed by atoms with Crippen LogP contribution in [0.2, 0.25) is 5.02 Å². The summed E-state index contributed by atoms with van der Waals surface area (Å²) >= 11 is 7.51. The van der Waals surface area contributed by atoms with Crippen LogP contribution in [-0.4, -0.2) is 6.29 Å². The average molecular weight is 225 g/mol. The summed E-state index contributed by atoms with van der Waals surface area (Å²) < 4.78 is 1.08. The fourth-order valence-electron chi connectivity index (χ4n) is 1.43. The second kappa shape index (κ2) is 3.71. The van der Waals surface area contributed by atoms with Gasteiger partial charge in [-0.1, -0.05) is 24.6 Å². The molecule has 3 heteroatoms. The van der Waals surface area contributed by atoms with Gasteiger partial charge in [-0.3, -0.25) is 4.79 Å². The SMILES string of the molecule is CCc1ccc2sc(C=O)c(Cl)c2c1. The number of hydrogen-bond acceptors (Lipinski definition) is 2. The summed E-state index contributed by atoms with van der Waals surface area (Å²) in [6.45, 7) is 2.10. The number of fused-ring (bicyclic) bond motifs is 1. The molecule has 0 spiro atoms. The Balaban J connectivity index is 2.74. The Morgan fingerprint density at radius 3 is 2.93 bits per heavy atom. The van der Waals surface area contributed by atoms with Gasteiger partial charge in [-0.05, 0) is 24.1 Å². The van der Waals surface area contributed by atoms with Crippen molar-refractivity contribution >= 4 is 39.3 Å². The number of carbonyl (C=O) groups is 1. The molecule has 0 saturated heterocycles. The standard InChI is InChI=1S/C11H9ClOS/c1-2-7-3-4-9-8(5-7)11(12)10(6-13)14-9/h3-6H,2H2,1H3. The van der Waals surface area contributed by atoms with Crippen LogP contribution in [0.25, 0.3) is 10.1 Å². The zero-order chi connectivity index (χ0) is 10.1. The fraction of sp³-hybridized carbons (Fsp3) is 0.182. The highest BCUT2D eigenvalue weighted by atomic mass is 35.5. The Labute approximate surface area is 91.3 Å². The zero-order valence-corrected chi connectivity index (χ0v) is 9.28. The molecule has 0 aliphatic carbocycles. The zero-order valence-electron chi connectivity index (χ0n) is 7.71. The lowest BCUT2D eigenvalue weighted by Crippen LogP contribution is -1.77. The number of carbonyl (C=O) groups excluding carboxylic acids is 1. The van der Waals surface area contributed by atoms with E-state index in [2.05, 4.69) is 19.1 Å². The highest BCUT2D eigenvalue weighted by molar-refractivity contribution is 7.21. The van der Waals surface area contributed by atoms with Crippen molar-refractivity contribution < 1.29 is 4.79 Å². The van der Waals surface area contributed by atoms with Gasteiger partial charge in [0.05, 0.1) is 9.90 Å². The van der Waals surface area contributed by atoms with Crippen LogP contribution >= 0.6 is 22.9 Å². The molecule has 0 aliphatic heterocycles. The number of thiophene rings is 1. The third kappa shape index (κ3) is 1.45. The Morgan fingerprint density at radius 2 is 2.29 bits per heavy atom. The second-order valence-corrected chi connectivity index (χ2v) is 4.54. The van der Waals surface area contributed by atoms with Crippen molar-refractivity contribution in [2.45, 2.75) is 13.3 Å². The molecule has 0 fully saturated rings. The Hall–Kier alpha value is -0.860. The third-order valence-electron chi connectivity index (χ3n) is 2.23. The maximum Gasteiger partial charge on any atom is 0.161 e. The van der Waals surface area contributed by atoms with Crippen LogP contribution in [0.5, 0.6) is 0 Å². The number of rotatable bonds is 2. The van der Waals surface area contributed by atoms with Crippen molar-refractivity contribution in [3.63, 3.8) is 0 Å². The van der Waals surface area contributed by atoms with Crippen LogP contribution in [0.1, 0.15) is 22.2 Å². The van der Waals surface area contributed by atoms with Gasteiger partial charge in [-0.2, -0.15) is 0 Å². The van der Waals surface area contributed by atoms with Crippen molar-refractivity contribution in [2.24, 2.45) is 0 Å². The monoisotopic (exact) mass is 224 g/mol. The number of hydrogen-bond donors (Lipinski definition) is 0. The van der Waals surface area contributed by atoms with Crippen LogP contribution < -0.4 is 0 Å². The minimum absolute atomic E-state index is 0.593. The van der Waals surface area contributed by atoms with Gasteiger partial charge in [0.2, 0.25) is 0 Å². The van der Waals surface area contributed by atoms with E-state index in [1.165, 1.54) is 16.9 Å². The molecule has 0 N–H and O–H groups in total. The highest BCUT2D eigenvalue weighted by Crippen LogP contribution is 2.34. The molecule has 0 atom stereocenters. The largest absolute Gasteiger partial charge is 0.297 e. The van der Waals surface area contributed by atoms with E-state index in [0.29, 0.717) is 9.90 Å². The molecule has 1 aromatic heterocycles. The normalized spacial score (nSPS) is 10.7. The van der Waals surface area contributed by atoms with Crippen LogP contribution in [0, 0.1) is 0 Å². The number of aldehydes is 1. The average Bonchev–Trinajstić information content (AvgIpc) is 2.55. The summed E-state index contributed by atoms with van der Waals surface area (Å²) in [5, 5.41) is 1.59. The maximum absolute atomic E-state index is 10.7. The quantitative estimate of drug-likeness (QED) is 0.707.